The van der Waals surface area contributed by atoms with Crippen LogP contribution in [0.4, 0.5) is 10.8 Å². The SMILES string of the molecule is O=C(Nc1nnns1)c1cc([N+](=O)[O-])cnc1Cl. The van der Waals surface area contributed by atoms with E-state index in [4.69, 9.17) is 11.6 Å². The minimum absolute atomic E-state index is 0.124. The fourth-order valence-electron chi connectivity index (χ4n) is 1.04. The third kappa shape index (κ3) is 2.55. The van der Waals surface area contributed by atoms with Gasteiger partial charge in [0.2, 0.25) is 5.13 Å². The third-order valence-electron chi connectivity index (χ3n) is 1.80. The van der Waals surface area contributed by atoms with Crippen molar-refractivity contribution in [2.45, 2.75) is 0 Å². The first-order chi connectivity index (χ1) is 8.58. The van der Waals surface area contributed by atoms with Gasteiger partial charge in [0.1, 0.15) is 11.3 Å². The Labute approximate surface area is 108 Å². The van der Waals surface area contributed by atoms with Crippen molar-refractivity contribution in [2.75, 3.05) is 5.32 Å². The van der Waals surface area contributed by atoms with Gasteiger partial charge in [0.15, 0.2) is 0 Å². The lowest BCUT2D eigenvalue weighted by molar-refractivity contribution is -0.385. The zero-order valence-corrected chi connectivity index (χ0v) is 9.97. The molecule has 2 heterocycles. The molecule has 18 heavy (non-hydrogen) atoms. The molecule has 2 aromatic heterocycles. The Morgan fingerprint density at radius 3 is 2.94 bits per heavy atom. The van der Waals surface area contributed by atoms with Crippen molar-refractivity contribution in [2.24, 2.45) is 0 Å². The van der Waals surface area contributed by atoms with Gasteiger partial charge in [0, 0.05) is 17.6 Å². The molecule has 0 aliphatic rings. The third-order valence-corrected chi connectivity index (χ3v) is 2.61. The fourth-order valence-corrected chi connectivity index (χ4v) is 1.59. The smallest absolute Gasteiger partial charge is 0.288 e. The van der Waals surface area contributed by atoms with Crippen LogP contribution in [0.2, 0.25) is 5.15 Å². The Bertz CT molecular complexity index is 603. The summed E-state index contributed by atoms with van der Waals surface area (Å²) in [4.78, 5) is 25.2. The van der Waals surface area contributed by atoms with Crippen LogP contribution < -0.4 is 5.32 Å². The van der Waals surface area contributed by atoms with Crippen molar-refractivity contribution in [1.82, 2.24) is 19.8 Å². The minimum Gasteiger partial charge on any atom is -0.295 e. The van der Waals surface area contributed by atoms with Gasteiger partial charge in [-0.25, -0.2) is 4.98 Å². The molecular formula is C7H3ClN6O3S. The number of hydrogen-bond donors (Lipinski definition) is 1. The number of carbonyl (C=O) groups excluding carboxylic acids is 1. The van der Waals surface area contributed by atoms with E-state index in [1.54, 1.807) is 0 Å². The molecular weight excluding hydrogens is 284 g/mol. The van der Waals surface area contributed by atoms with Crippen molar-refractivity contribution in [3.63, 3.8) is 0 Å². The molecule has 0 spiro atoms. The number of hydrogen-bond acceptors (Lipinski definition) is 8. The first-order valence-electron chi connectivity index (χ1n) is 4.34. The highest BCUT2D eigenvalue weighted by Gasteiger charge is 2.18. The van der Waals surface area contributed by atoms with Crippen LogP contribution in [0.15, 0.2) is 12.3 Å². The number of halogens is 1. The highest BCUT2D eigenvalue weighted by atomic mass is 35.5. The zero-order chi connectivity index (χ0) is 13.1. The number of anilines is 1. The Morgan fingerprint density at radius 2 is 2.33 bits per heavy atom. The molecule has 0 atom stereocenters. The first kappa shape index (κ1) is 12.3. The molecule has 92 valence electrons. The second-order valence-corrected chi connectivity index (χ2v) is 4.00. The van der Waals surface area contributed by atoms with Gasteiger partial charge in [0.25, 0.3) is 11.6 Å². The molecule has 0 radical (unpaired) electrons. The Hall–Kier alpha value is -2.20. The largest absolute Gasteiger partial charge is 0.295 e. The van der Waals surface area contributed by atoms with Crippen molar-refractivity contribution >= 4 is 39.9 Å². The van der Waals surface area contributed by atoms with Crippen molar-refractivity contribution in [3.05, 3.63) is 33.1 Å². The minimum atomic E-state index is -0.674. The van der Waals surface area contributed by atoms with E-state index in [0.29, 0.717) is 0 Å². The van der Waals surface area contributed by atoms with Crippen LogP contribution in [0, 0.1) is 10.1 Å². The molecule has 0 unspecified atom stereocenters. The molecule has 2 aromatic rings. The quantitative estimate of drug-likeness (QED) is 0.509. The van der Waals surface area contributed by atoms with Crippen LogP contribution in [0.25, 0.3) is 0 Å². The predicted molar refractivity (Wildman–Crippen MR) is 61.6 cm³/mol. The summed E-state index contributed by atoms with van der Waals surface area (Å²) in [6, 6.07) is 1.03. The molecule has 0 bridgehead atoms. The number of nitrogens with zero attached hydrogens (tertiary/aromatic N) is 5. The van der Waals surface area contributed by atoms with Gasteiger partial charge >= 0.3 is 0 Å². The highest BCUT2D eigenvalue weighted by molar-refractivity contribution is 7.09. The summed E-state index contributed by atoms with van der Waals surface area (Å²) in [6.45, 7) is 0. The second kappa shape index (κ2) is 4.98. The maximum absolute atomic E-state index is 11.8. The van der Waals surface area contributed by atoms with Gasteiger partial charge in [-0.05, 0) is 5.21 Å². The molecule has 0 saturated carbocycles. The number of rotatable bonds is 3. The molecule has 1 amide bonds. The number of amides is 1. The fraction of sp³-hybridized carbons (Fsp3) is 0. The topological polar surface area (TPSA) is 124 Å². The number of pyridine rings is 1. The molecule has 0 aliphatic heterocycles. The monoisotopic (exact) mass is 286 g/mol. The van der Waals surface area contributed by atoms with E-state index in [9.17, 15) is 14.9 Å². The van der Waals surface area contributed by atoms with Crippen LogP contribution in [-0.2, 0) is 0 Å². The van der Waals surface area contributed by atoms with Crippen molar-refractivity contribution in [1.29, 1.82) is 0 Å². The predicted octanol–water partition coefficient (Wildman–Crippen LogP) is 1.14. The van der Waals surface area contributed by atoms with Gasteiger partial charge in [-0.15, -0.1) is 0 Å². The summed E-state index contributed by atoms with van der Waals surface area (Å²) in [5.74, 6) is -0.672. The van der Waals surface area contributed by atoms with E-state index in [2.05, 4.69) is 25.1 Å². The summed E-state index contributed by atoms with van der Waals surface area (Å²) in [6.07, 6.45) is 0.964. The molecule has 1 N–H and O–H groups in total. The number of aromatic nitrogens is 4. The normalized spacial score (nSPS) is 10.1. The van der Waals surface area contributed by atoms with Gasteiger partial charge in [-0.2, -0.15) is 0 Å². The van der Waals surface area contributed by atoms with E-state index in [-0.39, 0.29) is 21.5 Å². The average Bonchev–Trinajstić information content (AvgIpc) is 2.81. The molecule has 0 saturated heterocycles. The van der Waals surface area contributed by atoms with Crippen molar-refractivity contribution < 1.29 is 9.72 Å². The summed E-state index contributed by atoms with van der Waals surface area (Å²) in [5, 5.41) is 19.7. The Balaban J connectivity index is 2.29. The maximum Gasteiger partial charge on any atom is 0.288 e. The first-order valence-corrected chi connectivity index (χ1v) is 5.49. The maximum atomic E-state index is 11.8. The van der Waals surface area contributed by atoms with Crippen LogP contribution >= 0.6 is 23.1 Å². The summed E-state index contributed by atoms with van der Waals surface area (Å²) in [5.41, 5.74) is -0.457. The van der Waals surface area contributed by atoms with Crippen LogP contribution in [0.3, 0.4) is 0 Å². The number of nitro groups is 1. The summed E-state index contributed by atoms with van der Waals surface area (Å²) in [7, 11) is 0. The lowest BCUT2D eigenvalue weighted by atomic mass is 10.2. The molecule has 0 aliphatic carbocycles. The second-order valence-electron chi connectivity index (χ2n) is 2.91. The number of carbonyl (C=O) groups is 1. The number of nitrogens with one attached hydrogen (secondary N) is 1. The van der Waals surface area contributed by atoms with Gasteiger partial charge < -0.3 is 0 Å². The average molecular weight is 287 g/mol. The zero-order valence-electron chi connectivity index (χ0n) is 8.40. The molecule has 2 rings (SSSR count). The van der Waals surface area contributed by atoms with E-state index in [1.807, 2.05) is 0 Å². The standard InChI is InChI=1S/C7H3ClN6O3S/c8-5-4(1-3(2-9-5)14(16)17)6(15)10-7-11-12-13-18-7/h1-2H,(H,10,11,13,15). The highest BCUT2D eigenvalue weighted by Crippen LogP contribution is 2.20. The molecule has 0 fully saturated rings. The van der Waals surface area contributed by atoms with Gasteiger partial charge in [-0.3, -0.25) is 20.2 Å². The Morgan fingerprint density at radius 1 is 1.56 bits per heavy atom. The van der Waals surface area contributed by atoms with Gasteiger partial charge in [0.05, 0.1) is 10.5 Å². The van der Waals surface area contributed by atoms with Crippen molar-refractivity contribution in [3.8, 4) is 0 Å². The van der Waals surface area contributed by atoms with E-state index >= 15 is 0 Å². The van der Waals surface area contributed by atoms with Gasteiger partial charge in [-0.1, -0.05) is 21.2 Å². The van der Waals surface area contributed by atoms with Crippen LogP contribution in [0.1, 0.15) is 10.4 Å². The lowest BCUT2D eigenvalue weighted by Crippen LogP contribution is -2.13. The Kier molecular flexibility index (Phi) is 3.39. The summed E-state index contributed by atoms with van der Waals surface area (Å²) < 4.78 is 3.45. The van der Waals surface area contributed by atoms with E-state index < -0.39 is 10.8 Å². The molecule has 9 nitrogen and oxygen atoms in total. The van der Waals surface area contributed by atoms with E-state index in [1.165, 1.54) is 0 Å². The molecule has 0 aromatic carbocycles. The summed E-state index contributed by atoms with van der Waals surface area (Å²) >= 11 is 6.55. The van der Waals surface area contributed by atoms with Crippen LogP contribution in [0.5, 0.6) is 0 Å². The molecule has 11 heteroatoms. The van der Waals surface area contributed by atoms with Crippen LogP contribution in [-0.4, -0.2) is 30.6 Å². The van der Waals surface area contributed by atoms with E-state index in [0.717, 1.165) is 23.8 Å². The lowest BCUT2D eigenvalue weighted by Gasteiger charge is -2.02.